The maximum absolute atomic E-state index is 12.1. The van der Waals surface area contributed by atoms with Crippen LogP contribution in [0.4, 0.5) is 5.69 Å². The molecule has 152 valence electrons. The first-order valence-electron chi connectivity index (χ1n) is 8.99. The van der Waals surface area contributed by atoms with E-state index in [-0.39, 0.29) is 42.3 Å². The molecule has 2 rings (SSSR count). The van der Waals surface area contributed by atoms with Gasteiger partial charge in [0.2, 0.25) is 5.91 Å². The summed E-state index contributed by atoms with van der Waals surface area (Å²) >= 11 is 0. The molecule has 1 fully saturated rings. The van der Waals surface area contributed by atoms with Crippen LogP contribution in [0.2, 0.25) is 0 Å². The molecule has 0 atom stereocenters. The van der Waals surface area contributed by atoms with Crippen molar-refractivity contribution in [2.75, 3.05) is 19.6 Å². The third-order valence-corrected chi connectivity index (χ3v) is 4.80. The summed E-state index contributed by atoms with van der Waals surface area (Å²) in [6.45, 7) is 3.83. The number of carbonyl (C=O) groups excluding carboxylic acids is 2. The number of carbonyl (C=O) groups is 3. The van der Waals surface area contributed by atoms with Crippen LogP contribution in [0.15, 0.2) is 18.2 Å². The molecule has 0 bridgehead atoms. The van der Waals surface area contributed by atoms with E-state index < -0.39 is 16.8 Å². The summed E-state index contributed by atoms with van der Waals surface area (Å²) < 4.78 is 0. The lowest BCUT2D eigenvalue weighted by Crippen LogP contribution is -2.55. The van der Waals surface area contributed by atoms with Gasteiger partial charge >= 0.3 is 5.97 Å². The molecule has 0 spiro atoms. The topological polar surface area (TPSA) is 142 Å². The number of amides is 2. The van der Waals surface area contributed by atoms with Crippen molar-refractivity contribution < 1.29 is 24.4 Å². The summed E-state index contributed by atoms with van der Waals surface area (Å²) in [6, 6.07) is 4.10. The van der Waals surface area contributed by atoms with Crippen LogP contribution in [0.3, 0.4) is 0 Å². The second-order valence-corrected chi connectivity index (χ2v) is 6.79. The van der Waals surface area contributed by atoms with Crippen molar-refractivity contribution in [3.63, 3.8) is 0 Å². The van der Waals surface area contributed by atoms with E-state index in [9.17, 15) is 24.5 Å². The number of rotatable bonds is 9. The van der Waals surface area contributed by atoms with Gasteiger partial charge < -0.3 is 15.7 Å². The predicted octanol–water partition coefficient (Wildman–Crippen LogP) is 0.687. The highest BCUT2D eigenvalue weighted by atomic mass is 16.6. The number of hydrogen-bond donors (Lipinski definition) is 3. The lowest BCUT2D eigenvalue weighted by atomic mass is 9.85. The molecule has 1 aromatic rings. The van der Waals surface area contributed by atoms with Crippen LogP contribution in [-0.2, 0) is 9.59 Å². The fourth-order valence-corrected chi connectivity index (χ4v) is 3.22. The maximum atomic E-state index is 12.1. The van der Waals surface area contributed by atoms with E-state index in [1.54, 1.807) is 6.92 Å². The minimum atomic E-state index is -0.876. The van der Waals surface area contributed by atoms with Gasteiger partial charge in [0, 0.05) is 29.3 Å². The fourth-order valence-electron chi connectivity index (χ4n) is 3.22. The van der Waals surface area contributed by atoms with E-state index >= 15 is 0 Å². The second-order valence-electron chi connectivity index (χ2n) is 6.79. The molecule has 1 aromatic carbocycles. The molecule has 10 heteroatoms. The predicted molar refractivity (Wildman–Crippen MR) is 100 cm³/mol. The van der Waals surface area contributed by atoms with Gasteiger partial charge in [-0.25, -0.2) is 0 Å². The fraction of sp³-hybridized carbons (Fsp3) is 0.500. The highest BCUT2D eigenvalue weighted by Gasteiger charge is 2.34. The molecule has 0 unspecified atom stereocenters. The number of aryl methyl sites for hydroxylation is 1. The molecule has 1 aliphatic carbocycles. The normalized spacial score (nSPS) is 18.2. The van der Waals surface area contributed by atoms with Gasteiger partial charge in [-0.3, -0.25) is 29.4 Å². The Bertz CT molecular complexity index is 775. The van der Waals surface area contributed by atoms with E-state index in [2.05, 4.69) is 10.6 Å². The van der Waals surface area contributed by atoms with Crippen molar-refractivity contribution >= 4 is 23.5 Å². The highest BCUT2D eigenvalue weighted by Crippen LogP contribution is 2.25. The summed E-state index contributed by atoms with van der Waals surface area (Å²) in [5.74, 6) is -1.70. The lowest BCUT2D eigenvalue weighted by molar-refractivity contribution is -0.385. The molecular formula is C18H24N4O6. The highest BCUT2D eigenvalue weighted by molar-refractivity contribution is 5.96. The van der Waals surface area contributed by atoms with E-state index in [0.29, 0.717) is 24.9 Å². The first-order chi connectivity index (χ1) is 13.2. The molecule has 28 heavy (non-hydrogen) atoms. The van der Waals surface area contributed by atoms with Crippen LogP contribution in [-0.4, -0.2) is 64.4 Å². The third-order valence-electron chi connectivity index (χ3n) is 4.80. The van der Waals surface area contributed by atoms with Gasteiger partial charge in [-0.05, 0) is 38.4 Å². The summed E-state index contributed by atoms with van der Waals surface area (Å²) in [4.78, 5) is 47.1. The van der Waals surface area contributed by atoms with Crippen molar-refractivity contribution in [3.8, 4) is 0 Å². The lowest BCUT2D eigenvalue weighted by Gasteiger charge is -2.42. The molecular weight excluding hydrogens is 368 g/mol. The second kappa shape index (κ2) is 9.27. The standard InChI is InChI=1S/C18H24N4O6/c1-3-21(10-17(24)25)14-7-13(8-14)20-16(23)9-19-18(26)12-4-5-15(22(27)28)11(2)6-12/h4-6,13-14H,3,7-10H2,1-2H3,(H,19,26)(H,20,23)(H,24,25). The third kappa shape index (κ3) is 5.49. The SMILES string of the molecule is CCN(CC(=O)O)C1CC(NC(=O)CNC(=O)c2ccc([N+](=O)[O-])c(C)c2)C1. The number of hydrogen-bond acceptors (Lipinski definition) is 6. The van der Waals surface area contributed by atoms with Crippen LogP contribution < -0.4 is 10.6 Å². The summed E-state index contributed by atoms with van der Waals surface area (Å²) in [6.07, 6.45) is 1.34. The van der Waals surface area contributed by atoms with Crippen molar-refractivity contribution in [1.82, 2.24) is 15.5 Å². The number of likely N-dealkylation sites (N-methyl/N-ethyl adjacent to an activating group) is 1. The zero-order chi connectivity index (χ0) is 20.8. The van der Waals surface area contributed by atoms with Crippen molar-refractivity contribution in [3.05, 3.63) is 39.4 Å². The van der Waals surface area contributed by atoms with Gasteiger partial charge in [0.05, 0.1) is 18.0 Å². The number of nitrogens with one attached hydrogen (secondary N) is 2. The first-order valence-corrected chi connectivity index (χ1v) is 8.99. The van der Waals surface area contributed by atoms with Gasteiger partial charge in [-0.15, -0.1) is 0 Å². The Morgan fingerprint density at radius 1 is 1.32 bits per heavy atom. The molecule has 0 aromatic heterocycles. The van der Waals surface area contributed by atoms with Crippen LogP contribution >= 0.6 is 0 Å². The van der Waals surface area contributed by atoms with E-state index in [4.69, 9.17) is 5.11 Å². The molecule has 1 aliphatic rings. The van der Waals surface area contributed by atoms with Gasteiger partial charge in [0.15, 0.2) is 0 Å². The number of nitro groups is 1. The van der Waals surface area contributed by atoms with E-state index in [0.717, 1.165) is 0 Å². The Morgan fingerprint density at radius 3 is 2.54 bits per heavy atom. The molecule has 3 N–H and O–H groups in total. The summed E-state index contributed by atoms with van der Waals surface area (Å²) in [7, 11) is 0. The largest absolute Gasteiger partial charge is 0.480 e. The van der Waals surface area contributed by atoms with Crippen molar-refractivity contribution in [2.45, 2.75) is 38.8 Å². The molecule has 0 heterocycles. The van der Waals surface area contributed by atoms with Crippen LogP contribution in [0, 0.1) is 17.0 Å². The number of carboxylic acid groups (broad SMARTS) is 1. The molecule has 0 radical (unpaired) electrons. The smallest absolute Gasteiger partial charge is 0.317 e. The van der Waals surface area contributed by atoms with Gasteiger partial charge in [0.25, 0.3) is 11.6 Å². The molecule has 0 saturated heterocycles. The molecule has 0 aliphatic heterocycles. The van der Waals surface area contributed by atoms with Gasteiger partial charge in [0.1, 0.15) is 0 Å². The number of carboxylic acids is 1. The molecule has 2 amide bonds. The van der Waals surface area contributed by atoms with Crippen molar-refractivity contribution in [1.29, 1.82) is 0 Å². The van der Waals surface area contributed by atoms with Crippen LogP contribution in [0.1, 0.15) is 35.7 Å². The maximum Gasteiger partial charge on any atom is 0.317 e. The van der Waals surface area contributed by atoms with Crippen molar-refractivity contribution in [2.24, 2.45) is 0 Å². The first kappa shape index (κ1) is 21.3. The average Bonchev–Trinajstić information content (AvgIpc) is 2.60. The molecule has 1 saturated carbocycles. The number of benzene rings is 1. The van der Waals surface area contributed by atoms with Crippen LogP contribution in [0.25, 0.3) is 0 Å². The Labute approximate surface area is 162 Å². The Balaban J connectivity index is 1.76. The van der Waals surface area contributed by atoms with Crippen LogP contribution in [0.5, 0.6) is 0 Å². The molecule has 10 nitrogen and oxygen atoms in total. The number of aliphatic carboxylic acids is 1. The zero-order valence-electron chi connectivity index (χ0n) is 15.8. The Morgan fingerprint density at radius 2 is 2.00 bits per heavy atom. The summed E-state index contributed by atoms with van der Waals surface area (Å²) in [5.41, 5.74) is 0.536. The quantitative estimate of drug-likeness (QED) is 0.414. The minimum Gasteiger partial charge on any atom is -0.480 e. The van der Waals surface area contributed by atoms with E-state index in [1.807, 2.05) is 11.8 Å². The summed E-state index contributed by atoms with van der Waals surface area (Å²) in [5, 5.41) is 25.0. The Kier molecular flexibility index (Phi) is 7.05. The zero-order valence-corrected chi connectivity index (χ0v) is 15.8. The van der Waals surface area contributed by atoms with E-state index in [1.165, 1.54) is 18.2 Å². The number of nitro benzene ring substituents is 1. The minimum absolute atomic E-state index is 0.0213. The average molecular weight is 392 g/mol. The van der Waals surface area contributed by atoms with Gasteiger partial charge in [-0.2, -0.15) is 0 Å². The monoisotopic (exact) mass is 392 g/mol. The Hall–Kier alpha value is -3.01. The van der Waals surface area contributed by atoms with Gasteiger partial charge in [-0.1, -0.05) is 6.92 Å². The number of nitrogens with zero attached hydrogens (tertiary/aromatic N) is 2.